The summed E-state index contributed by atoms with van der Waals surface area (Å²) in [7, 11) is 0. The van der Waals surface area contributed by atoms with Crippen LogP contribution in [0.4, 0.5) is 0 Å². The molecule has 3 rings (SSSR count). The van der Waals surface area contributed by atoms with Crippen molar-refractivity contribution >= 4 is 42.8 Å². The van der Waals surface area contributed by atoms with E-state index in [9.17, 15) is 0 Å². The first-order chi connectivity index (χ1) is 6.79. The zero-order chi connectivity index (χ0) is 9.71. The Morgan fingerprint density at radius 3 is 1.47 bits per heavy atom. The normalized spacial score (nSPS) is 9.53. The molecule has 0 amide bonds. The van der Waals surface area contributed by atoms with Crippen molar-refractivity contribution in [1.82, 2.24) is 0 Å². The first kappa shape index (κ1) is 18.2. The Morgan fingerprint density at radius 2 is 1.12 bits per heavy atom. The van der Waals surface area contributed by atoms with E-state index in [0.29, 0.717) is 0 Å². The van der Waals surface area contributed by atoms with Crippen LogP contribution in [0.15, 0.2) is 12.1 Å². The van der Waals surface area contributed by atoms with Crippen molar-refractivity contribution in [3.8, 4) is 0 Å². The Hall–Kier alpha value is 1.20. The molecule has 0 saturated heterocycles. The van der Waals surface area contributed by atoms with Crippen LogP contribution < -0.4 is 0 Å². The Morgan fingerprint density at radius 1 is 0.765 bits per heavy atom. The Bertz CT molecular complexity index is 522. The second kappa shape index (κ2) is 7.11. The van der Waals surface area contributed by atoms with Gasteiger partial charge in [-0.25, -0.2) is 0 Å². The number of hydrogen-bond acceptors (Lipinski definition) is 2. The molecule has 2 heterocycles. The molecular weight excluding hydrogens is 760 g/mol. The molecule has 0 N–H and O–H groups in total. The van der Waals surface area contributed by atoms with Crippen molar-refractivity contribution in [2.75, 3.05) is 0 Å². The van der Waals surface area contributed by atoms with Gasteiger partial charge >= 0.3 is 0 Å². The van der Waals surface area contributed by atoms with Crippen molar-refractivity contribution in [1.29, 1.82) is 0 Å². The number of hydrogen-bond donors (Lipinski definition) is 0. The number of thiophene rings is 2. The summed E-state index contributed by atoms with van der Waals surface area (Å²) in [6.07, 6.45) is 0. The van der Waals surface area contributed by atoms with Gasteiger partial charge in [-0.2, -0.15) is 34.0 Å². The largest absolute Gasteiger partial charge is 0.296 e. The maximum absolute atomic E-state index is 3.22. The molecule has 0 atom stereocenters. The zero-order valence-corrected chi connectivity index (χ0v) is 19.6. The minimum absolute atomic E-state index is 0. The first-order valence-electron chi connectivity index (χ1n) is 4.47. The van der Waals surface area contributed by atoms with E-state index in [2.05, 4.69) is 36.7 Å². The molecular formula is C12H8S2W3-2. The zero-order valence-electron chi connectivity index (χ0n) is 9.20. The van der Waals surface area contributed by atoms with Gasteiger partial charge in [0.15, 0.2) is 0 Å². The molecule has 88 valence electrons. The first-order valence-corrected chi connectivity index (χ1v) is 6.10. The van der Waals surface area contributed by atoms with E-state index >= 15 is 0 Å². The predicted molar refractivity (Wildman–Crippen MR) is 64.4 cm³/mol. The molecule has 0 unspecified atom stereocenters. The van der Waals surface area contributed by atoms with Crippen LogP contribution in [0, 0.1) is 24.6 Å². The predicted octanol–water partition coefficient (Wildman–Crippen LogP) is 4.33. The summed E-state index contributed by atoms with van der Waals surface area (Å²) in [5.41, 5.74) is 2.76. The molecule has 1 aromatic carbocycles. The second-order valence-electron chi connectivity index (χ2n) is 3.46. The average molecular weight is 768 g/mol. The van der Waals surface area contributed by atoms with E-state index in [1.54, 1.807) is 22.7 Å². The number of aryl methyl sites for hydroxylation is 2. The maximum atomic E-state index is 3.22. The van der Waals surface area contributed by atoms with Gasteiger partial charge in [0.05, 0.1) is 0 Å². The quantitative estimate of drug-likeness (QED) is 0.300. The third-order valence-electron chi connectivity index (χ3n) is 2.71. The molecule has 5 heteroatoms. The van der Waals surface area contributed by atoms with Gasteiger partial charge in [0.2, 0.25) is 0 Å². The van der Waals surface area contributed by atoms with Crippen molar-refractivity contribution in [3.63, 3.8) is 0 Å². The van der Waals surface area contributed by atoms with Crippen molar-refractivity contribution < 1.29 is 63.2 Å². The van der Waals surface area contributed by atoms with E-state index in [1.165, 1.54) is 31.3 Å². The van der Waals surface area contributed by atoms with Crippen LogP contribution in [0.3, 0.4) is 0 Å². The van der Waals surface area contributed by atoms with E-state index in [0.717, 1.165) is 0 Å². The maximum Gasteiger partial charge on any atom is 0 e. The van der Waals surface area contributed by atoms with Crippen LogP contribution in [0.1, 0.15) is 11.1 Å². The summed E-state index contributed by atoms with van der Waals surface area (Å²) in [5.74, 6) is 0. The van der Waals surface area contributed by atoms with Gasteiger partial charge in [0.1, 0.15) is 0 Å². The van der Waals surface area contributed by atoms with E-state index in [4.69, 9.17) is 0 Å². The Labute approximate surface area is 152 Å². The number of fused-ring (bicyclic) bond motifs is 2. The summed E-state index contributed by atoms with van der Waals surface area (Å²) in [6, 6.07) is 4.20. The molecule has 0 spiro atoms. The van der Waals surface area contributed by atoms with Crippen LogP contribution >= 0.6 is 22.7 Å². The number of benzene rings is 1. The summed E-state index contributed by atoms with van der Waals surface area (Å²) < 4.78 is 2.75. The minimum atomic E-state index is 0. The molecule has 0 fully saturated rings. The van der Waals surface area contributed by atoms with Crippen LogP contribution in [0.25, 0.3) is 20.2 Å². The molecule has 3 aromatic rings. The topological polar surface area (TPSA) is 0 Å². The molecule has 0 nitrogen and oxygen atoms in total. The summed E-state index contributed by atoms with van der Waals surface area (Å²) in [6.45, 7) is 4.38. The summed E-state index contributed by atoms with van der Waals surface area (Å²) in [5, 5.41) is 9.15. The van der Waals surface area contributed by atoms with Gasteiger partial charge in [-0.15, -0.1) is 20.2 Å². The van der Waals surface area contributed by atoms with Crippen molar-refractivity contribution in [2.24, 2.45) is 0 Å². The van der Waals surface area contributed by atoms with Crippen LogP contribution in [0.2, 0.25) is 0 Å². The summed E-state index contributed by atoms with van der Waals surface area (Å²) >= 11 is 3.42. The van der Waals surface area contributed by atoms with E-state index in [1.807, 2.05) is 0 Å². The Kier molecular flexibility index (Phi) is 7.62. The van der Waals surface area contributed by atoms with E-state index in [-0.39, 0.29) is 63.2 Å². The van der Waals surface area contributed by atoms with Gasteiger partial charge in [-0.05, 0) is 0 Å². The minimum Gasteiger partial charge on any atom is -0.296 e. The fourth-order valence-corrected chi connectivity index (χ4v) is 3.65. The molecule has 2 aromatic heterocycles. The fraction of sp³-hybridized carbons (Fsp3) is 0.167. The molecule has 0 radical (unpaired) electrons. The molecule has 0 aliphatic carbocycles. The summed E-state index contributed by atoms with van der Waals surface area (Å²) in [4.78, 5) is 0. The second-order valence-corrected chi connectivity index (χ2v) is 5.16. The third kappa shape index (κ3) is 2.87. The molecule has 0 saturated carbocycles. The van der Waals surface area contributed by atoms with Gasteiger partial charge in [0.25, 0.3) is 0 Å². The molecule has 0 aliphatic rings. The number of rotatable bonds is 0. The SMILES string of the molecule is Cc1c2c[c-]sc2c(C)c2c[c-]sc12.[W].[W].[W]. The van der Waals surface area contributed by atoms with Crippen LogP contribution in [-0.2, 0) is 63.2 Å². The fourth-order valence-electron chi connectivity index (χ4n) is 1.89. The van der Waals surface area contributed by atoms with Crippen molar-refractivity contribution in [2.45, 2.75) is 13.8 Å². The molecule has 0 aliphatic heterocycles. The van der Waals surface area contributed by atoms with Gasteiger partial charge < -0.3 is 0 Å². The van der Waals surface area contributed by atoms with Crippen LogP contribution in [0.5, 0.6) is 0 Å². The molecule has 17 heavy (non-hydrogen) atoms. The Balaban J connectivity index is 0.000000853. The van der Waals surface area contributed by atoms with Gasteiger partial charge in [-0.3, -0.25) is 22.7 Å². The van der Waals surface area contributed by atoms with Crippen LogP contribution in [-0.4, -0.2) is 0 Å². The van der Waals surface area contributed by atoms with Gasteiger partial charge in [-0.1, -0.05) is 13.8 Å². The molecule has 0 bridgehead atoms. The standard InChI is InChI=1S/C12H8S2.3W/c1-7-9-3-5-14-12(9)8(2)10-4-6-13-11(7)10;;;/h3-4H,1-2H3;;;/q-2;;;. The smallest absolute Gasteiger partial charge is 0 e. The monoisotopic (exact) mass is 768 g/mol. The van der Waals surface area contributed by atoms with E-state index < -0.39 is 0 Å². The van der Waals surface area contributed by atoms with Gasteiger partial charge in [0, 0.05) is 63.2 Å². The average Bonchev–Trinajstić information content (AvgIpc) is 2.82. The van der Waals surface area contributed by atoms with Crippen molar-refractivity contribution in [3.05, 3.63) is 34.0 Å². The third-order valence-corrected chi connectivity index (χ3v) is 4.64.